The van der Waals surface area contributed by atoms with E-state index in [1.54, 1.807) is 18.7 Å². The number of amides is 1. The third-order valence-corrected chi connectivity index (χ3v) is 4.38. The number of hydrogen-bond donors (Lipinski definition) is 1. The standard InChI is InChI=1S/C22H20N4O2/c27-22(19-8-6-17(7-9-19)15-26-13-11-23-16-26)25-12-14-28-20-5-1-3-18-4-2-10-24-21(18)20/h1-11,13,16H,12,14-15H2,(H,25,27). The van der Waals surface area contributed by atoms with Gasteiger partial charge in [0.05, 0.1) is 12.9 Å². The first-order valence-electron chi connectivity index (χ1n) is 9.09. The number of pyridine rings is 1. The van der Waals surface area contributed by atoms with Gasteiger partial charge in [-0.3, -0.25) is 9.78 Å². The summed E-state index contributed by atoms with van der Waals surface area (Å²) in [7, 11) is 0. The maximum atomic E-state index is 12.3. The number of imidazole rings is 1. The molecule has 0 unspecified atom stereocenters. The number of ether oxygens (including phenoxy) is 1. The molecule has 0 saturated heterocycles. The Morgan fingerprint density at radius 3 is 2.71 bits per heavy atom. The van der Waals surface area contributed by atoms with Gasteiger partial charge in [0, 0.05) is 36.1 Å². The van der Waals surface area contributed by atoms with Crippen molar-refractivity contribution in [3.63, 3.8) is 0 Å². The van der Waals surface area contributed by atoms with Gasteiger partial charge in [-0.15, -0.1) is 0 Å². The van der Waals surface area contributed by atoms with Crippen LogP contribution in [0.15, 0.2) is 79.5 Å². The molecular formula is C22H20N4O2. The lowest BCUT2D eigenvalue weighted by molar-refractivity contribution is 0.0947. The van der Waals surface area contributed by atoms with Gasteiger partial charge in [0.15, 0.2) is 0 Å². The molecule has 1 amide bonds. The summed E-state index contributed by atoms with van der Waals surface area (Å²) in [6, 6.07) is 17.3. The number of para-hydroxylation sites is 1. The van der Waals surface area contributed by atoms with Crippen molar-refractivity contribution < 1.29 is 9.53 Å². The first-order chi connectivity index (χ1) is 13.8. The predicted molar refractivity (Wildman–Crippen MR) is 107 cm³/mol. The minimum atomic E-state index is -0.117. The van der Waals surface area contributed by atoms with Crippen molar-refractivity contribution in [1.82, 2.24) is 19.9 Å². The minimum Gasteiger partial charge on any atom is -0.489 e. The van der Waals surface area contributed by atoms with E-state index in [9.17, 15) is 4.79 Å². The average Bonchev–Trinajstić information content (AvgIpc) is 3.25. The van der Waals surface area contributed by atoms with Crippen molar-refractivity contribution in [1.29, 1.82) is 0 Å². The molecule has 1 N–H and O–H groups in total. The Morgan fingerprint density at radius 2 is 1.89 bits per heavy atom. The fraction of sp³-hybridized carbons (Fsp3) is 0.136. The molecule has 4 aromatic rings. The molecule has 2 heterocycles. The van der Waals surface area contributed by atoms with E-state index in [0.717, 1.165) is 28.8 Å². The Balaban J connectivity index is 1.28. The fourth-order valence-corrected chi connectivity index (χ4v) is 2.97. The Hall–Kier alpha value is -3.67. The zero-order valence-corrected chi connectivity index (χ0v) is 15.3. The fourth-order valence-electron chi connectivity index (χ4n) is 2.97. The zero-order chi connectivity index (χ0) is 19.2. The molecule has 0 aliphatic rings. The number of aromatic nitrogens is 3. The van der Waals surface area contributed by atoms with Gasteiger partial charge in [0.2, 0.25) is 0 Å². The molecule has 0 fully saturated rings. The molecule has 0 saturated carbocycles. The van der Waals surface area contributed by atoms with Crippen LogP contribution in [0.5, 0.6) is 5.75 Å². The topological polar surface area (TPSA) is 69.0 Å². The Bertz CT molecular complexity index is 1050. The van der Waals surface area contributed by atoms with Crippen LogP contribution in [0.3, 0.4) is 0 Å². The van der Waals surface area contributed by atoms with E-state index in [2.05, 4.69) is 15.3 Å². The van der Waals surface area contributed by atoms with Gasteiger partial charge in [0.1, 0.15) is 17.9 Å². The van der Waals surface area contributed by atoms with E-state index >= 15 is 0 Å². The summed E-state index contributed by atoms with van der Waals surface area (Å²) in [4.78, 5) is 20.7. The Labute approximate surface area is 162 Å². The summed E-state index contributed by atoms with van der Waals surface area (Å²) in [5.74, 6) is 0.602. The lowest BCUT2D eigenvalue weighted by Gasteiger charge is -2.10. The largest absolute Gasteiger partial charge is 0.489 e. The van der Waals surface area contributed by atoms with E-state index in [1.807, 2.05) is 65.4 Å². The summed E-state index contributed by atoms with van der Waals surface area (Å²) >= 11 is 0. The van der Waals surface area contributed by atoms with Crippen molar-refractivity contribution in [3.05, 3.63) is 90.6 Å². The monoisotopic (exact) mass is 372 g/mol. The molecule has 0 spiro atoms. The lowest BCUT2D eigenvalue weighted by Crippen LogP contribution is -2.28. The van der Waals surface area contributed by atoms with E-state index in [-0.39, 0.29) is 5.91 Å². The Kier molecular flexibility index (Phi) is 5.29. The molecule has 28 heavy (non-hydrogen) atoms. The number of carbonyl (C=O) groups is 1. The first kappa shape index (κ1) is 17.7. The van der Waals surface area contributed by atoms with Crippen molar-refractivity contribution >= 4 is 16.8 Å². The van der Waals surface area contributed by atoms with E-state index in [1.165, 1.54) is 0 Å². The molecule has 6 nitrogen and oxygen atoms in total. The molecule has 0 aliphatic carbocycles. The van der Waals surface area contributed by atoms with Crippen LogP contribution in [-0.2, 0) is 6.54 Å². The van der Waals surface area contributed by atoms with Crippen LogP contribution >= 0.6 is 0 Å². The minimum absolute atomic E-state index is 0.117. The quantitative estimate of drug-likeness (QED) is 0.506. The zero-order valence-electron chi connectivity index (χ0n) is 15.3. The van der Waals surface area contributed by atoms with Crippen LogP contribution in [0, 0.1) is 0 Å². The summed E-state index contributed by atoms with van der Waals surface area (Å²) in [6.07, 6.45) is 7.17. The number of carbonyl (C=O) groups excluding carboxylic acids is 1. The summed E-state index contributed by atoms with van der Waals surface area (Å²) in [6.45, 7) is 1.52. The molecule has 0 atom stereocenters. The third kappa shape index (κ3) is 4.17. The highest BCUT2D eigenvalue weighted by Crippen LogP contribution is 2.22. The van der Waals surface area contributed by atoms with Gasteiger partial charge in [-0.05, 0) is 29.8 Å². The van der Waals surface area contributed by atoms with Gasteiger partial charge in [-0.2, -0.15) is 0 Å². The first-order valence-corrected chi connectivity index (χ1v) is 9.09. The van der Waals surface area contributed by atoms with E-state index in [0.29, 0.717) is 18.7 Å². The second-order valence-corrected chi connectivity index (χ2v) is 6.37. The molecule has 0 aliphatic heterocycles. The van der Waals surface area contributed by atoms with Crippen LogP contribution in [0.2, 0.25) is 0 Å². The third-order valence-electron chi connectivity index (χ3n) is 4.38. The normalized spacial score (nSPS) is 10.7. The van der Waals surface area contributed by atoms with Crippen molar-refractivity contribution in [3.8, 4) is 5.75 Å². The van der Waals surface area contributed by atoms with Crippen LogP contribution < -0.4 is 10.1 Å². The van der Waals surface area contributed by atoms with Crippen molar-refractivity contribution in [2.75, 3.05) is 13.2 Å². The maximum absolute atomic E-state index is 12.3. The molecule has 0 radical (unpaired) electrons. The number of benzene rings is 2. The summed E-state index contributed by atoms with van der Waals surface area (Å²) < 4.78 is 7.78. The molecule has 2 aromatic heterocycles. The van der Waals surface area contributed by atoms with Gasteiger partial charge in [-0.1, -0.05) is 30.3 Å². The average molecular weight is 372 g/mol. The van der Waals surface area contributed by atoms with Gasteiger partial charge in [0.25, 0.3) is 5.91 Å². The summed E-state index contributed by atoms with van der Waals surface area (Å²) in [5.41, 5.74) is 2.56. The molecular weight excluding hydrogens is 352 g/mol. The molecule has 6 heteroatoms. The number of hydrogen-bond acceptors (Lipinski definition) is 4. The van der Waals surface area contributed by atoms with Gasteiger partial charge in [-0.25, -0.2) is 4.98 Å². The second-order valence-electron chi connectivity index (χ2n) is 6.37. The number of rotatable bonds is 7. The van der Waals surface area contributed by atoms with Crippen LogP contribution in [0.25, 0.3) is 10.9 Å². The second kappa shape index (κ2) is 8.35. The van der Waals surface area contributed by atoms with Gasteiger partial charge < -0.3 is 14.6 Å². The number of nitrogens with zero attached hydrogens (tertiary/aromatic N) is 3. The van der Waals surface area contributed by atoms with Gasteiger partial charge >= 0.3 is 0 Å². The van der Waals surface area contributed by atoms with Crippen LogP contribution in [0.4, 0.5) is 0 Å². The smallest absolute Gasteiger partial charge is 0.251 e. The van der Waals surface area contributed by atoms with E-state index < -0.39 is 0 Å². The van der Waals surface area contributed by atoms with Crippen LogP contribution in [-0.4, -0.2) is 33.6 Å². The lowest BCUT2D eigenvalue weighted by atomic mass is 10.1. The molecule has 4 rings (SSSR count). The molecule has 0 bridgehead atoms. The highest BCUT2D eigenvalue weighted by molar-refractivity contribution is 5.94. The van der Waals surface area contributed by atoms with E-state index in [4.69, 9.17) is 4.74 Å². The SMILES string of the molecule is O=C(NCCOc1cccc2cccnc12)c1ccc(Cn2ccnc2)cc1. The van der Waals surface area contributed by atoms with Crippen LogP contribution in [0.1, 0.15) is 15.9 Å². The highest BCUT2D eigenvalue weighted by atomic mass is 16.5. The number of nitrogens with one attached hydrogen (secondary N) is 1. The molecule has 2 aromatic carbocycles. The maximum Gasteiger partial charge on any atom is 0.251 e. The Morgan fingerprint density at radius 1 is 1.04 bits per heavy atom. The predicted octanol–water partition coefficient (Wildman–Crippen LogP) is 3.29. The van der Waals surface area contributed by atoms with Crippen molar-refractivity contribution in [2.45, 2.75) is 6.54 Å². The highest BCUT2D eigenvalue weighted by Gasteiger charge is 2.06. The van der Waals surface area contributed by atoms with Crippen molar-refractivity contribution in [2.24, 2.45) is 0 Å². The molecule has 140 valence electrons. The summed E-state index contributed by atoms with van der Waals surface area (Å²) in [5, 5.41) is 3.91. The number of fused-ring (bicyclic) bond motifs is 1.